The minimum Gasteiger partial charge on any atom is -0.345 e. The van der Waals surface area contributed by atoms with Gasteiger partial charge < -0.3 is 5.32 Å². The first-order valence-corrected chi connectivity index (χ1v) is 8.72. The zero-order valence-electron chi connectivity index (χ0n) is 14.3. The van der Waals surface area contributed by atoms with Gasteiger partial charge in [0, 0.05) is 17.5 Å². The summed E-state index contributed by atoms with van der Waals surface area (Å²) in [6.07, 6.45) is 4.98. The van der Waals surface area contributed by atoms with Gasteiger partial charge in [0.15, 0.2) is 0 Å². The van der Waals surface area contributed by atoms with Crippen LogP contribution < -0.4 is 5.32 Å². The van der Waals surface area contributed by atoms with Crippen molar-refractivity contribution in [1.82, 2.24) is 15.1 Å². The predicted octanol–water partition coefficient (Wildman–Crippen LogP) is 3.99. The number of nitrogens with one attached hydrogen (secondary N) is 1. The maximum absolute atomic E-state index is 12.7. The molecule has 1 N–H and O–H groups in total. The number of carbonyl (C=O) groups excluding carboxylic acids is 1. The number of benzene rings is 2. The van der Waals surface area contributed by atoms with E-state index in [9.17, 15) is 4.79 Å². The second-order valence-electron chi connectivity index (χ2n) is 6.55. The number of hydrogen-bond donors (Lipinski definition) is 1. The van der Waals surface area contributed by atoms with E-state index in [1.54, 1.807) is 6.20 Å². The van der Waals surface area contributed by atoms with Gasteiger partial charge >= 0.3 is 0 Å². The zero-order chi connectivity index (χ0) is 17.2. The summed E-state index contributed by atoms with van der Waals surface area (Å²) in [7, 11) is 0. The standard InChI is InChI=1S/C21H21N3O/c1-15-13-14-22-24(15)18-11-9-17(10-12-18)21(25)23-20-8-4-6-16-5-2-3-7-19(16)20/h2-3,5,7,9-14,20H,4,6,8H2,1H3,(H,23,25)/t20-/m0/s1. The Kier molecular flexibility index (Phi) is 4.10. The first kappa shape index (κ1) is 15.6. The minimum absolute atomic E-state index is 0.0227. The molecule has 4 rings (SSSR count). The fourth-order valence-electron chi connectivity index (χ4n) is 3.54. The second-order valence-corrected chi connectivity index (χ2v) is 6.55. The number of rotatable bonds is 3. The van der Waals surface area contributed by atoms with Gasteiger partial charge in [-0.1, -0.05) is 24.3 Å². The lowest BCUT2D eigenvalue weighted by Gasteiger charge is -2.26. The first-order chi connectivity index (χ1) is 12.2. The third kappa shape index (κ3) is 3.07. The van der Waals surface area contributed by atoms with Crippen molar-refractivity contribution >= 4 is 5.91 Å². The van der Waals surface area contributed by atoms with Crippen LogP contribution in [0.1, 0.15) is 46.1 Å². The molecule has 0 saturated carbocycles. The van der Waals surface area contributed by atoms with Crippen LogP contribution in [0.3, 0.4) is 0 Å². The normalized spacial score (nSPS) is 16.3. The van der Waals surface area contributed by atoms with Gasteiger partial charge in [-0.2, -0.15) is 5.10 Å². The van der Waals surface area contributed by atoms with E-state index < -0.39 is 0 Å². The minimum atomic E-state index is -0.0227. The SMILES string of the molecule is Cc1ccnn1-c1ccc(C(=O)N[C@H]2CCCc3ccccc32)cc1. The Bertz CT molecular complexity index is 896. The van der Waals surface area contributed by atoms with E-state index in [1.807, 2.05) is 48.0 Å². The van der Waals surface area contributed by atoms with Gasteiger partial charge in [-0.15, -0.1) is 0 Å². The number of amides is 1. The van der Waals surface area contributed by atoms with E-state index in [2.05, 4.69) is 28.6 Å². The Labute approximate surface area is 147 Å². The fourth-order valence-corrected chi connectivity index (χ4v) is 3.54. The number of nitrogens with zero attached hydrogens (tertiary/aromatic N) is 2. The third-order valence-electron chi connectivity index (χ3n) is 4.88. The molecule has 0 fully saturated rings. The molecule has 1 aliphatic rings. The van der Waals surface area contributed by atoms with Gasteiger partial charge in [0.1, 0.15) is 0 Å². The number of fused-ring (bicyclic) bond motifs is 1. The maximum atomic E-state index is 12.7. The number of hydrogen-bond acceptors (Lipinski definition) is 2. The molecule has 0 saturated heterocycles. The summed E-state index contributed by atoms with van der Waals surface area (Å²) in [5.41, 5.74) is 5.31. The van der Waals surface area contributed by atoms with Crippen LogP contribution in [-0.2, 0) is 6.42 Å². The summed E-state index contributed by atoms with van der Waals surface area (Å²) >= 11 is 0. The fraction of sp³-hybridized carbons (Fsp3) is 0.238. The summed E-state index contributed by atoms with van der Waals surface area (Å²) in [6.45, 7) is 2.01. The lowest BCUT2D eigenvalue weighted by atomic mass is 9.87. The van der Waals surface area contributed by atoms with Crippen molar-refractivity contribution in [2.45, 2.75) is 32.2 Å². The van der Waals surface area contributed by atoms with Crippen LogP contribution in [0.25, 0.3) is 5.69 Å². The summed E-state index contributed by atoms with van der Waals surface area (Å²) in [6, 6.07) is 18.1. The van der Waals surface area contributed by atoms with Crippen molar-refractivity contribution in [2.75, 3.05) is 0 Å². The van der Waals surface area contributed by atoms with Gasteiger partial charge in [0.2, 0.25) is 0 Å². The molecule has 0 spiro atoms. The monoisotopic (exact) mass is 331 g/mol. The lowest BCUT2D eigenvalue weighted by molar-refractivity contribution is 0.0933. The first-order valence-electron chi connectivity index (χ1n) is 8.72. The highest BCUT2D eigenvalue weighted by atomic mass is 16.1. The summed E-state index contributed by atoms with van der Waals surface area (Å²) < 4.78 is 1.86. The predicted molar refractivity (Wildman–Crippen MR) is 97.9 cm³/mol. The van der Waals surface area contributed by atoms with Crippen LogP contribution in [0, 0.1) is 6.92 Å². The zero-order valence-corrected chi connectivity index (χ0v) is 14.3. The van der Waals surface area contributed by atoms with Crippen molar-refractivity contribution < 1.29 is 4.79 Å². The highest BCUT2D eigenvalue weighted by Crippen LogP contribution is 2.29. The van der Waals surface area contributed by atoms with Crippen molar-refractivity contribution in [3.8, 4) is 5.69 Å². The molecule has 126 valence electrons. The molecule has 3 aromatic rings. The van der Waals surface area contributed by atoms with E-state index in [0.29, 0.717) is 5.56 Å². The molecule has 4 nitrogen and oxygen atoms in total. The van der Waals surface area contributed by atoms with E-state index in [0.717, 1.165) is 30.6 Å². The van der Waals surface area contributed by atoms with Crippen molar-refractivity contribution in [2.24, 2.45) is 0 Å². The summed E-state index contributed by atoms with van der Waals surface area (Å²) in [5, 5.41) is 7.49. The number of aromatic nitrogens is 2. The molecule has 25 heavy (non-hydrogen) atoms. The average Bonchev–Trinajstić information content (AvgIpc) is 3.08. The summed E-state index contributed by atoms with van der Waals surface area (Å²) in [5.74, 6) is -0.0227. The highest BCUT2D eigenvalue weighted by molar-refractivity contribution is 5.94. The van der Waals surface area contributed by atoms with Crippen molar-refractivity contribution in [1.29, 1.82) is 0 Å². The second kappa shape index (κ2) is 6.55. The Hall–Kier alpha value is -2.88. The van der Waals surface area contributed by atoms with E-state index in [4.69, 9.17) is 0 Å². The van der Waals surface area contributed by atoms with Crippen LogP contribution in [-0.4, -0.2) is 15.7 Å². The molecule has 1 aliphatic carbocycles. The number of aryl methyl sites for hydroxylation is 2. The summed E-state index contributed by atoms with van der Waals surface area (Å²) in [4.78, 5) is 12.7. The van der Waals surface area contributed by atoms with Gasteiger partial charge in [0.25, 0.3) is 5.91 Å². The molecular formula is C21H21N3O. The molecule has 0 bridgehead atoms. The molecule has 1 atom stereocenters. The number of carbonyl (C=O) groups is 1. The Morgan fingerprint density at radius 2 is 1.92 bits per heavy atom. The van der Waals surface area contributed by atoms with Gasteiger partial charge in [-0.05, 0) is 67.6 Å². The molecule has 1 aromatic heterocycles. The third-order valence-corrected chi connectivity index (χ3v) is 4.88. The highest BCUT2D eigenvalue weighted by Gasteiger charge is 2.21. The smallest absolute Gasteiger partial charge is 0.251 e. The van der Waals surface area contributed by atoms with Crippen molar-refractivity contribution in [3.63, 3.8) is 0 Å². The largest absolute Gasteiger partial charge is 0.345 e. The van der Waals surface area contributed by atoms with Crippen LogP contribution in [0.15, 0.2) is 60.8 Å². The van der Waals surface area contributed by atoms with Gasteiger partial charge in [-0.25, -0.2) is 4.68 Å². The Balaban J connectivity index is 1.52. The molecule has 2 aromatic carbocycles. The van der Waals surface area contributed by atoms with Gasteiger partial charge in [0.05, 0.1) is 11.7 Å². The van der Waals surface area contributed by atoms with Crippen LogP contribution in [0.5, 0.6) is 0 Å². The van der Waals surface area contributed by atoms with Crippen LogP contribution in [0.4, 0.5) is 0 Å². The molecule has 0 unspecified atom stereocenters. The molecule has 1 amide bonds. The molecule has 0 aliphatic heterocycles. The van der Waals surface area contributed by atoms with Crippen molar-refractivity contribution in [3.05, 3.63) is 83.2 Å². The average molecular weight is 331 g/mol. The van der Waals surface area contributed by atoms with E-state index in [1.165, 1.54) is 11.1 Å². The van der Waals surface area contributed by atoms with Crippen LogP contribution in [0.2, 0.25) is 0 Å². The molecule has 0 radical (unpaired) electrons. The Morgan fingerprint density at radius 1 is 1.12 bits per heavy atom. The van der Waals surface area contributed by atoms with E-state index in [-0.39, 0.29) is 11.9 Å². The van der Waals surface area contributed by atoms with E-state index >= 15 is 0 Å². The molecular weight excluding hydrogens is 310 g/mol. The van der Waals surface area contributed by atoms with Crippen LogP contribution >= 0.6 is 0 Å². The maximum Gasteiger partial charge on any atom is 0.251 e. The molecule has 4 heteroatoms. The van der Waals surface area contributed by atoms with Gasteiger partial charge in [-0.3, -0.25) is 4.79 Å². The molecule has 1 heterocycles. The lowest BCUT2D eigenvalue weighted by Crippen LogP contribution is -2.30. The Morgan fingerprint density at radius 3 is 2.68 bits per heavy atom. The topological polar surface area (TPSA) is 46.9 Å². The quantitative estimate of drug-likeness (QED) is 0.789.